The van der Waals surface area contributed by atoms with Crippen LogP contribution >= 0.6 is 11.3 Å². The summed E-state index contributed by atoms with van der Waals surface area (Å²) >= 11 is 1.73. The number of rotatable bonds is 3. The molecule has 4 nitrogen and oxygen atoms in total. The highest BCUT2D eigenvalue weighted by Crippen LogP contribution is 2.43. The van der Waals surface area contributed by atoms with Gasteiger partial charge in [0.15, 0.2) is 0 Å². The number of aromatic nitrogens is 2. The monoisotopic (exact) mass is 303 g/mol. The predicted molar refractivity (Wildman–Crippen MR) is 84.8 cm³/mol. The Labute approximate surface area is 128 Å². The zero-order valence-corrected chi connectivity index (χ0v) is 13.3. The van der Waals surface area contributed by atoms with Crippen LogP contribution in [0.2, 0.25) is 0 Å². The Morgan fingerprint density at radius 3 is 2.86 bits per heavy atom. The van der Waals surface area contributed by atoms with Crippen molar-refractivity contribution in [3.8, 4) is 0 Å². The molecule has 4 rings (SSSR count). The summed E-state index contributed by atoms with van der Waals surface area (Å²) in [6, 6.07) is 2.26. The molecule has 2 fully saturated rings. The molecular formula is C16H21N3OS. The lowest BCUT2D eigenvalue weighted by Gasteiger charge is -2.17. The molecule has 112 valence electrons. The summed E-state index contributed by atoms with van der Waals surface area (Å²) in [6.07, 6.45) is 5.86. The van der Waals surface area contributed by atoms with Crippen LogP contribution in [0.15, 0.2) is 6.07 Å². The third kappa shape index (κ3) is 2.59. The van der Waals surface area contributed by atoms with E-state index < -0.39 is 0 Å². The van der Waals surface area contributed by atoms with E-state index in [9.17, 15) is 4.79 Å². The minimum absolute atomic E-state index is 0.0101. The van der Waals surface area contributed by atoms with E-state index in [4.69, 9.17) is 0 Å². The van der Waals surface area contributed by atoms with Gasteiger partial charge in [0.05, 0.1) is 9.71 Å². The van der Waals surface area contributed by atoms with Gasteiger partial charge in [0.1, 0.15) is 11.3 Å². The molecule has 0 saturated heterocycles. The quantitative estimate of drug-likeness (QED) is 0.906. The second-order valence-corrected chi connectivity index (χ2v) is 8.36. The van der Waals surface area contributed by atoms with Crippen molar-refractivity contribution < 1.29 is 4.79 Å². The number of amides is 1. The number of thiazole rings is 1. The standard InChI is InChI=1S/C16H21N3OS/c1-16(2)6-5-10(8-16)17-14(20)11-7-12-13(18-11)19-15(21-12)9-3-4-9/h7,9-10,18H,3-6,8H2,1-2H3,(H,17,20). The molecule has 1 amide bonds. The Morgan fingerprint density at radius 2 is 2.24 bits per heavy atom. The highest BCUT2D eigenvalue weighted by molar-refractivity contribution is 7.18. The molecule has 1 unspecified atom stereocenters. The fraction of sp³-hybridized carbons (Fsp3) is 0.625. The first-order chi connectivity index (χ1) is 10.00. The molecule has 21 heavy (non-hydrogen) atoms. The Hall–Kier alpha value is -1.36. The van der Waals surface area contributed by atoms with Crippen LogP contribution < -0.4 is 5.32 Å². The van der Waals surface area contributed by atoms with E-state index in [0.29, 0.717) is 23.1 Å². The van der Waals surface area contributed by atoms with Gasteiger partial charge in [0.2, 0.25) is 0 Å². The number of nitrogens with zero attached hydrogens (tertiary/aromatic N) is 1. The molecule has 0 radical (unpaired) electrons. The summed E-state index contributed by atoms with van der Waals surface area (Å²) in [5.74, 6) is 0.685. The molecule has 2 aromatic rings. The van der Waals surface area contributed by atoms with Gasteiger partial charge in [-0.25, -0.2) is 4.98 Å². The fourth-order valence-corrected chi connectivity index (χ4v) is 4.42. The molecule has 0 aromatic carbocycles. The Bertz CT molecular complexity index is 664. The lowest BCUT2D eigenvalue weighted by Crippen LogP contribution is -2.33. The molecule has 2 aliphatic rings. The fourth-order valence-electron chi connectivity index (χ4n) is 3.28. The van der Waals surface area contributed by atoms with Gasteiger partial charge in [-0.2, -0.15) is 0 Å². The van der Waals surface area contributed by atoms with Crippen LogP contribution in [0.4, 0.5) is 0 Å². The highest BCUT2D eigenvalue weighted by Gasteiger charge is 2.32. The van der Waals surface area contributed by atoms with E-state index in [2.05, 4.69) is 29.1 Å². The predicted octanol–water partition coefficient (Wildman–Crippen LogP) is 3.81. The van der Waals surface area contributed by atoms with Crippen LogP contribution in [-0.4, -0.2) is 21.9 Å². The van der Waals surface area contributed by atoms with Crippen molar-refractivity contribution in [2.75, 3.05) is 0 Å². The molecule has 2 aromatic heterocycles. The topological polar surface area (TPSA) is 57.8 Å². The SMILES string of the molecule is CC1(C)CCC(NC(=O)c2cc3sc(C4CC4)nc3[nH]2)C1. The first kappa shape index (κ1) is 13.3. The van der Waals surface area contributed by atoms with Gasteiger partial charge in [-0.15, -0.1) is 11.3 Å². The van der Waals surface area contributed by atoms with Gasteiger partial charge in [-0.3, -0.25) is 4.79 Å². The van der Waals surface area contributed by atoms with Crippen LogP contribution in [0.1, 0.15) is 67.4 Å². The average Bonchev–Trinajstić information content (AvgIpc) is 2.93. The first-order valence-corrected chi connectivity index (χ1v) is 8.62. The third-order valence-corrected chi connectivity index (χ3v) is 5.84. The summed E-state index contributed by atoms with van der Waals surface area (Å²) in [4.78, 5) is 20.1. The normalized spacial score (nSPS) is 24.6. The van der Waals surface area contributed by atoms with Crippen molar-refractivity contribution >= 4 is 27.6 Å². The maximum atomic E-state index is 12.3. The average molecular weight is 303 g/mol. The maximum Gasteiger partial charge on any atom is 0.268 e. The second-order valence-electron chi connectivity index (χ2n) is 7.30. The van der Waals surface area contributed by atoms with Crippen molar-refractivity contribution in [2.45, 2.75) is 57.9 Å². The summed E-state index contributed by atoms with van der Waals surface area (Å²) in [5.41, 5.74) is 1.88. The molecule has 0 spiro atoms. The van der Waals surface area contributed by atoms with Crippen LogP contribution in [-0.2, 0) is 0 Å². The van der Waals surface area contributed by atoms with Gasteiger partial charge in [-0.1, -0.05) is 13.8 Å². The van der Waals surface area contributed by atoms with E-state index in [0.717, 1.165) is 23.2 Å². The zero-order chi connectivity index (χ0) is 14.6. The van der Waals surface area contributed by atoms with E-state index in [1.165, 1.54) is 24.3 Å². The van der Waals surface area contributed by atoms with Crippen molar-refractivity contribution in [1.29, 1.82) is 0 Å². The summed E-state index contributed by atoms with van der Waals surface area (Å²) in [5, 5.41) is 4.38. The van der Waals surface area contributed by atoms with E-state index >= 15 is 0 Å². The Balaban J connectivity index is 1.47. The Kier molecular flexibility index (Phi) is 2.89. The minimum atomic E-state index is 0.0101. The number of H-pyrrole nitrogens is 1. The largest absolute Gasteiger partial charge is 0.348 e. The number of nitrogens with one attached hydrogen (secondary N) is 2. The number of aromatic amines is 1. The molecule has 0 bridgehead atoms. The van der Waals surface area contributed by atoms with E-state index in [1.807, 2.05) is 6.07 Å². The van der Waals surface area contributed by atoms with Gasteiger partial charge < -0.3 is 10.3 Å². The van der Waals surface area contributed by atoms with Gasteiger partial charge in [0.25, 0.3) is 5.91 Å². The Morgan fingerprint density at radius 1 is 1.43 bits per heavy atom. The lowest BCUT2D eigenvalue weighted by molar-refractivity contribution is 0.0932. The number of hydrogen-bond donors (Lipinski definition) is 2. The first-order valence-electron chi connectivity index (χ1n) is 7.80. The minimum Gasteiger partial charge on any atom is -0.348 e. The number of carbonyl (C=O) groups is 1. The van der Waals surface area contributed by atoms with Crippen molar-refractivity contribution in [2.24, 2.45) is 5.41 Å². The highest BCUT2D eigenvalue weighted by atomic mass is 32.1. The number of carbonyl (C=O) groups excluding carboxylic acids is 1. The molecule has 2 aliphatic carbocycles. The number of hydrogen-bond acceptors (Lipinski definition) is 3. The molecule has 2 saturated carbocycles. The molecule has 5 heteroatoms. The summed E-state index contributed by atoms with van der Waals surface area (Å²) in [6.45, 7) is 4.54. The van der Waals surface area contributed by atoms with Crippen LogP contribution in [0.25, 0.3) is 10.3 Å². The second kappa shape index (κ2) is 4.57. The smallest absolute Gasteiger partial charge is 0.268 e. The van der Waals surface area contributed by atoms with Crippen LogP contribution in [0, 0.1) is 5.41 Å². The van der Waals surface area contributed by atoms with Crippen molar-refractivity contribution in [3.63, 3.8) is 0 Å². The molecule has 1 atom stereocenters. The summed E-state index contributed by atoms with van der Waals surface area (Å²) in [7, 11) is 0. The maximum absolute atomic E-state index is 12.3. The van der Waals surface area contributed by atoms with Crippen molar-refractivity contribution in [1.82, 2.24) is 15.3 Å². The summed E-state index contributed by atoms with van der Waals surface area (Å²) < 4.78 is 1.11. The van der Waals surface area contributed by atoms with E-state index in [1.54, 1.807) is 11.3 Å². The van der Waals surface area contributed by atoms with Gasteiger partial charge in [-0.05, 0) is 43.6 Å². The lowest BCUT2D eigenvalue weighted by atomic mass is 9.92. The zero-order valence-electron chi connectivity index (χ0n) is 12.5. The number of fused-ring (bicyclic) bond motifs is 1. The van der Waals surface area contributed by atoms with Crippen LogP contribution in [0.3, 0.4) is 0 Å². The van der Waals surface area contributed by atoms with Gasteiger partial charge >= 0.3 is 0 Å². The molecule has 0 aliphatic heterocycles. The molecule has 2 N–H and O–H groups in total. The van der Waals surface area contributed by atoms with Crippen molar-refractivity contribution in [3.05, 3.63) is 16.8 Å². The van der Waals surface area contributed by atoms with Gasteiger partial charge in [0, 0.05) is 12.0 Å². The molecule has 2 heterocycles. The third-order valence-electron chi connectivity index (χ3n) is 4.67. The van der Waals surface area contributed by atoms with E-state index in [-0.39, 0.29) is 5.91 Å². The van der Waals surface area contributed by atoms with Crippen LogP contribution in [0.5, 0.6) is 0 Å². The molecular weight excluding hydrogens is 282 g/mol.